The SMILES string of the molecule is CCCNC(c1c(F)cccc1F)C1CCC(C)(C)CC1. The molecule has 1 saturated carbocycles. The van der Waals surface area contributed by atoms with Gasteiger partial charge in [0.15, 0.2) is 0 Å². The van der Waals surface area contributed by atoms with E-state index in [1.54, 1.807) is 0 Å². The highest BCUT2D eigenvalue weighted by Gasteiger charge is 2.34. The third kappa shape index (κ3) is 4.03. The van der Waals surface area contributed by atoms with Crippen LogP contribution in [0, 0.1) is 23.0 Å². The smallest absolute Gasteiger partial charge is 0.130 e. The quantitative estimate of drug-likeness (QED) is 0.785. The summed E-state index contributed by atoms with van der Waals surface area (Å²) in [6.45, 7) is 7.42. The topological polar surface area (TPSA) is 12.0 Å². The second-order valence-electron chi connectivity index (χ2n) is 7.07. The van der Waals surface area contributed by atoms with Gasteiger partial charge < -0.3 is 5.32 Å². The van der Waals surface area contributed by atoms with Gasteiger partial charge in [-0.05, 0) is 62.1 Å². The van der Waals surface area contributed by atoms with E-state index in [9.17, 15) is 8.78 Å². The van der Waals surface area contributed by atoms with Crippen LogP contribution in [0.1, 0.15) is 64.5 Å². The first-order valence-corrected chi connectivity index (χ1v) is 8.12. The molecule has 0 heterocycles. The average molecular weight is 295 g/mol. The maximum absolute atomic E-state index is 14.2. The molecule has 0 amide bonds. The number of benzene rings is 1. The van der Waals surface area contributed by atoms with Crippen molar-refractivity contribution in [3.05, 3.63) is 35.4 Å². The zero-order chi connectivity index (χ0) is 15.5. The lowest BCUT2D eigenvalue weighted by Crippen LogP contribution is -2.34. The normalized spacial score (nSPS) is 20.4. The molecule has 0 saturated heterocycles. The number of hydrogen-bond acceptors (Lipinski definition) is 1. The molecule has 1 N–H and O–H groups in total. The zero-order valence-electron chi connectivity index (χ0n) is 13.4. The van der Waals surface area contributed by atoms with E-state index >= 15 is 0 Å². The minimum absolute atomic E-state index is 0.206. The fraction of sp³-hybridized carbons (Fsp3) is 0.667. The van der Waals surface area contributed by atoms with Gasteiger partial charge in [0, 0.05) is 11.6 Å². The van der Waals surface area contributed by atoms with Gasteiger partial charge in [-0.3, -0.25) is 0 Å². The van der Waals surface area contributed by atoms with E-state index in [4.69, 9.17) is 0 Å². The van der Waals surface area contributed by atoms with Gasteiger partial charge in [0.25, 0.3) is 0 Å². The number of halogens is 2. The van der Waals surface area contributed by atoms with Crippen LogP contribution in [-0.4, -0.2) is 6.54 Å². The Labute approximate surface area is 127 Å². The lowest BCUT2D eigenvalue weighted by Gasteiger charge is -2.38. The van der Waals surface area contributed by atoms with Crippen LogP contribution in [0.5, 0.6) is 0 Å². The molecule has 1 aromatic rings. The van der Waals surface area contributed by atoms with Crippen LogP contribution in [0.3, 0.4) is 0 Å². The van der Waals surface area contributed by atoms with Gasteiger partial charge in [-0.25, -0.2) is 8.78 Å². The van der Waals surface area contributed by atoms with Gasteiger partial charge in [-0.2, -0.15) is 0 Å². The first-order valence-electron chi connectivity index (χ1n) is 8.12. The monoisotopic (exact) mass is 295 g/mol. The highest BCUT2D eigenvalue weighted by atomic mass is 19.1. The lowest BCUT2D eigenvalue weighted by molar-refractivity contribution is 0.158. The van der Waals surface area contributed by atoms with Crippen molar-refractivity contribution >= 4 is 0 Å². The Kier molecular flexibility index (Phi) is 5.37. The summed E-state index contributed by atoms with van der Waals surface area (Å²) in [5, 5.41) is 3.38. The van der Waals surface area contributed by atoms with E-state index in [1.165, 1.54) is 18.2 Å². The molecule has 21 heavy (non-hydrogen) atoms. The third-order valence-corrected chi connectivity index (χ3v) is 4.78. The fourth-order valence-corrected chi connectivity index (χ4v) is 3.37. The average Bonchev–Trinajstić information content (AvgIpc) is 2.42. The van der Waals surface area contributed by atoms with E-state index < -0.39 is 11.6 Å². The Morgan fingerprint density at radius 1 is 1.19 bits per heavy atom. The molecule has 2 rings (SSSR count). The molecule has 1 unspecified atom stereocenters. The van der Waals surface area contributed by atoms with Gasteiger partial charge in [-0.1, -0.05) is 26.8 Å². The van der Waals surface area contributed by atoms with Crippen molar-refractivity contribution in [2.24, 2.45) is 11.3 Å². The molecule has 1 atom stereocenters. The van der Waals surface area contributed by atoms with E-state index in [-0.39, 0.29) is 11.6 Å². The molecule has 1 aliphatic rings. The molecule has 0 spiro atoms. The van der Waals surface area contributed by atoms with Crippen molar-refractivity contribution in [3.63, 3.8) is 0 Å². The highest BCUT2D eigenvalue weighted by molar-refractivity contribution is 5.24. The van der Waals surface area contributed by atoms with Crippen LogP contribution in [-0.2, 0) is 0 Å². The summed E-state index contributed by atoms with van der Waals surface area (Å²) >= 11 is 0. The molecule has 1 nitrogen and oxygen atoms in total. The van der Waals surface area contributed by atoms with Crippen LogP contribution in [0.15, 0.2) is 18.2 Å². The third-order valence-electron chi connectivity index (χ3n) is 4.78. The summed E-state index contributed by atoms with van der Waals surface area (Å²) in [5.41, 5.74) is 0.593. The van der Waals surface area contributed by atoms with Crippen molar-refractivity contribution in [2.45, 2.75) is 58.9 Å². The lowest BCUT2D eigenvalue weighted by atomic mass is 9.70. The van der Waals surface area contributed by atoms with Crippen LogP contribution in [0.4, 0.5) is 8.78 Å². The maximum Gasteiger partial charge on any atom is 0.130 e. The van der Waals surface area contributed by atoms with Crippen molar-refractivity contribution < 1.29 is 8.78 Å². The number of hydrogen-bond donors (Lipinski definition) is 1. The van der Waals surface area contributed by atoms with Crippen LogP contribution in [0.2, 0.25) is 0 Å². The Bertz CT molecular complexity index is 440. The Balaban J connectivity index is 2.22. The van der Waals surface area contributed by atoms with Crippen molar-refractivity contribution in [3.8, 4) is 0 Å². The minimum atomic E-state index is -0.423. The van der Waals surface area contributed by atoms with Crippen molar-refractivity contribution in [1.29, 1.82) is 0 Å². The minimum Gasteiger partial charge on any atom is -0.310 e. The highest BCUT2D eigenvalue weighted by Crippen LogP contribution is 2.43. The fourth-order valence-electron chi connectivity index (χ4n) is 3.37. The molecule has 118 valence electrons. The Morgan fingerprint density at radius 3 is 2.29 bits per heavy atom. The largest absolute Gasteiger partial charge is 0.310 e. The second kappa shape index (κ2) is 6.87. The van der Waals surface area contributed by atoms with Crippen molar-refractivity contribution in [2.75, 3.05) is 6.54 Å². The standard InChI is InChI=1S/C18H27F2N/c1-4-12-21-17(13-8-10-18(2,3)11-9-13)16-14(19)6-5-7-15(16)20/h5-7,13,17,21H,4,8-12H2,1-3H3. The summed E-state index contributed by atoms with van der Waals surface area (Å²) in [6.07, 6.45) is 5.27. The molecular weight excluding hydrogens is 268 g/mol. The predicted molar refractivity (Wildman–Crippen MR) is 83.1 cm³/mol. The number of nitrogens with one attached hydrogen (secondary N) is 1. The number of rotatable bonds is 5. The van der Waals surface area contributed by atoms with E-state index in [0.29, 0.717) is 11.3 Å². The predicted octanol–water partition coefficient (Wildman–Crippen LogP) is 5.22. The van der Waals surface area contributed by atoms with Gasteiger partial charge in [-0.15, -0.1) is 0 Å². The van der Waals surface area contributed by atoms with Gasteiger partial charge in [0.1, 0.15) is 11.6 Å². The summed E-state index contributed by atoms with van der Waals surface area (Å²) in [5.74, 6) is -0.530. The van der Waals surface area contributed by atoms with Gasteiger partial charge in [0.2, 0.25) is 0 Å². The Morgan fingerprint density at radius 2 is 1.76 bits per heavy atom. The second-order valence-corrected chi connectivity index (χ2v) is 7.07. The van der Waals surface area contributed by atoms with E-state index in [1.807, 2.05) is 0 Å². The van der Waals surface area contributed by atoms with Gasteiger partial charge in [0.05, 0.1) is 0 Å². The summed E-state index contributed by atoms with van der Waals surface area (Å²) in [6, 6.07) is 3.97. The van der Waals surface area contributed by atoms with E-state index in [2.05, 4.69) is 26.1 Å². The van der Waals surface area contributed by atoms with Crippen LogP contribution < -0.4 is 5.32 Å². The summed E-state index contributed by atoms with van der Waals surface area (Å²) < 4.78 is 28.3. The molecule has 0 radical (unpaired) electrons. The molecule has 0 aromatic heterocycles. The first-order chi connectivity index (χ1) is 9.94. The molecule has 0 aliphatic heterocycles. The maximum atomic E-state index is 14.2. The molecular formula is C18H27F2N. The van der Waals surface area contributed by atoms with Crippen LogP contribution in [0.25, 0.3) is 0 Å². The molecule has 3 heteroatoms. The zero-order valence-corrected chi connectivity index (χ0v) is 13.4. The first kappa shape index (κ1) is 16.4. The Hall–Kier alpha value is -0.960. The van der Waals surface area contributed by atoms with Crippen LogP contribution >= 0.6 is 0 Å². The molecule has 1 fully saturated rings. The summed E-state index contributed by atoms with van der Waals surface area (Å²) in [7, 11) is 0. The summed E-state index contributed by atoms with van der Waals surface area (Å²) in [4.78, 5) is 0. The molecule has 1 aromatic carbocycles. The van der Waals surface area contributed by atoms with E-state index in [0.717, 1.165) is 38.6 Å². The van der Waals surface area contributed by atoms with Gasteiger partial charge >= 0.3 is 0 Å². The van der Waals surface area contributed by atoms with Crippen molar-refractivity contribution in [1.82, 2.24) is 5.32 Å². The molecule has 0 bridgehead atoms. The molecule has 1 aliphatic carbocycles.